The van der Waals surface area contributed by atoms with E-state index in [9.17, 15) is 0 Å². The molecule has 3 rings (SSSR count). The van der Waals surface area contributed by atoms with Gasteiger partial charge >= 0.3 is 0 Å². The van der Waals surface area contributed by atoms with Crippen LogP contribution in [0.4, 0.5) is 0 Å². The summed E-state index contributed by atoms with van der Waals surface area (Å²) in [7, 11) is 0. The van der Waals surface area contributed by atoms with Crippen LogP contribution in [0, 0.1) is 13.8 Å². The first-order valence-corrected chi connectivity index (χ1v) is 6.23. The predicted molar refractivity (Wildman–Crippen MR) is 79.9 cm³/mol. The first-order chi connectivity index (χ1) is 8.75. The maximum atomic E-state index is 2.12. The molecule has 0 aromatic heterocycles. The smallest absolute Gasteiger partial charge is 0.0184 e. The third kappa shape index (κ3) is 3.46. The molecule has 0 unspecified atom stereocenters. The van der Waals surface area contributed by atoms with E-state index in [4.69, 9.17) is 0 Å². The van der Waals surface area contributed by atoms with E-state index in [1.54, 1.807) is 0 Å². The molecule has 0 N–H and O–H groups in total. The van der Waals surface area contributed by atoms with Gasteiger partial charge < -0.3 is 0 Å². The fraction of sp³-hybridized carbons (Fsp3) is 0.111. The predicted octanol–water partition coefficient (Wildman–Crippen LogP) is 5.14. The van der Waals surface area contributed by atoms with Crippen LogP contribution in [0.25, 0.3) is 10.8 Å². The molecule has 0 saturated heterocycles. The Bertz CT molecular complexity index is 520. The Morgan fingerprint density at radius 2 is 0.722 bits per heavy atom. The van der Waals surface area contributed by atoms with Gasteiger partial charge in [0.15, 0.2) is 0 Å². The second kappa shape index (κ2) is 6.02. The van der Waals surface area contributed by atoms with E-state index in [2.05, 4.69) is 86.6 Å². The molecule has 90 valence electrons. The summed E-state index contributed by atoms with van der Waals surface area (Å²) in [5.41, 5.74) is 2.66. The maximum Gasteiger partial charge on any atom is -0.0184 e. The quantitative estimate of drug-likeness (QED) is 0.505. The summed E-state index contributed by atoms with van der Waals surface area (Å²) in [4.78, 5) is 0. The molecule has 0 aliphatic heterocycles. The van der Waals surface area contributed by atoms with Crippen molar-refractivity contribution in [1.82, 2.24) is 0 Å². The van der Waals surface area contributed by atoms with Crippen molar-refractivity contribution in [3.63, 3.8) is 0 Å². The van der Waals surface area contributed by atoms with Crippen molar-refractivity contribution in [2.24, 2.45) is 0 Å². The molecule has 18 heavy (non-hydrogen) atoms. The lowest BCUT2D eigenvalue weighted by Gasteiger charge is -1.92. The highest BCUT2D eigenvalue weighted by Gasteiger charge is 1.85. The van der Waals surface area contributed by atoms with Crippen molar-refractivity contribution in [1.29, 1.82) is 0 Å². The minimum atomic E-state index is 1.31. The molecular formula is C18H18. The molecule has 0 aliphatic carbocycles. The van der Waals surface area contributed by atoms with Gasteiger partial charge in [0.25, 0.3) is 0 Å². The Kier molecular flexibility index (Phi) is 4.14. The van der Waals surface area contributed by atoms with Crippen LogP contribution in [0.15, 0.2) is 72.8 Å². The van der Waals surface area contributed by atoms with Crippen LogP contribution in [0.3, 0.4) is 0 Å². The van der Waals surface area contributed by atoms with Crippen molar-refractivity contribution in [2.75, 3.05) is 0 Å². The summed E-state index contributed by atoms with van der Waals surface area (Å²) >= 11 is 0. The first kappa shape index (κ1) is 12.4. The SMILES string of the molecule is Cc1ccc(C)cc1.c1ccc2ccccc2c1. The summed E-state index contributed by atoms with van der Waals surface area (Å²) in [5.74, 6) is 0. The second-order valence-electron chi connectivity index (χ2n) is 4.50. The standard InChI is InChI=1S/C10H8.C8H10/c1-2-6-10-8-4-3-7-9(10)5-1;1-7-3-5-8(2)6-4-7/h1-8H;3-6H,1-2H3. The number of fused-ring (bicyclic) bond motifs is 1. The number of rotatable bonds is 0. The van der Waals surface area contributed by atoms with E-state index in [-0.39, 0.29) is 0 Å². The van der Waals surface area contributed by atoms with E-state index >= 15 is 0 Å². The fourth-order valence-corrected chi connectivity index (χ4v) is 1.77. The third-order valence-electron chi connectivity index (χ3n) is 2.88. The van der Waals surface area contributed by atoms with Gasteiger partial charge in [-0.15, -0.1) is 0 Å². The minimum absolute atomic E-state index is 1.31. The van der Waals surface area contributed by atoms with Gasteiger partial charge in [0, 0.05) is 0 Å². The zero-order valence-electron chi connectivity index (χ0n) is 10.9. The number of hydrogen-bond donors (Lipinski definition) is 0. The van der Waals surface area contributed by atoms with Gasteiger partial charge in [-0.25, -0.2) is 0 Å². The summed E-state index contributed by atoms with van der Waals surface area (Å²) in [5, 5.41) is 2.62. The van der Waals surface area contributed by atoms with Crippen molar-refractivity contribution in [2.45, 2.75) is 13.8 Å². The molecule has 0 amide bonds. The van der Waals surface area contributed by atoms with E-state index in [1.807, 2.05) is 0 Å². The van der Waals surface area contributed by atoms with Crippen LogP contribution in [0.1, 0.15) is 11.1 Å². The molecule has 0 fully saturated rings. The zero-order chi connectivity index (χ0) is 12.8. The maximum absolute atomic E-state index is 2.12. The normalized spacial score (nSPS) is 9.67. The molecular weight excluding hydrogens is 216 g/mol. The average molecular weight is 234 g/mol. The van der Waals surface area contributed by atoms with Crippen LogP contribution < -0.4 is 0 Å². The Hall–Kier alpha value is -2.08. The molecule has 0 heterocycles. The van der Waals surface area contributed by atoms with Crippen molar-refractivity contribution in [3.05, 3.63) is 83.9 Å². The molecule has 0 spiro atoms. The van der Waals surface area contributed by atoms with Crippen LogP contribution in [-0.4, -0.2) is 0 Å². The highest BCUT2D eigenvalue weighted by atomic mass is 13.9. The van der Waals surface area contributed by atoms with Crippen molar-refractivity contribution in [3.8, 4) is 0 Å². The van der Waals surface area contributed by atoms with Gasteiger partial charge in [0.1, 0.15) is 0 Å². The molecule has 0 saturated carbocycles. The molecule has 0 atom stereocenters. The minimum Gasteiger partial charge on any atom is -0.0616 e. The molecule has 3 aromatic rings. The Labute approximate surface area is 109 Å². The van der Waals surface area contributed by atoms with Crippen molar-refractivity contribution < 1.29 is 0 Å². The summed E-state index contributed by atoms with van der Waals surface area (Å²) < 4.78 is 0. The van der Waals surface area contributed by atoms with Crippen LogP contribution >= 0.6 is 0 Å². The van der Waals surface area contributed by atoms with Gasteiger partial charge in [0.2, 0.25) is 0 Å². The fourth-order valence-electron chi connectivity index (χ4n) is 1.77. The van der Waals surface area contributed by atoms with Gasteiger partial charge in [-0.3, -0.25) is 0 Å². The van der Waals surface area contributed by atoms with E-state index < -0.39 is 0 Å². The summed E-state index contributed by atoms with van der Waals surface area (Å²) in [6.45, 7) is 4.19. The van der Waals surface area contributed by atoms with Crippen molar-refractivity contribution >= 4 is 10.8 Å². The van der Waals surface area contributed by atoms with E-state index in [1.165, 1.54) is 21.9 Å². The molecule has 0 bridgehead atoms. The lowest BCUT2D eigenvalue weighted by molar-refractivity contribution is 1.40. The monoisotopic (exact) mass is 234 g/mol. The van der Waals surface area contributed by atoms with Crippen LogP contribution in [-0.2, 0) is 0 Å². The molecule has 3 aromatic carbocycles. The third-order valence-corrected chi connectivity index (χ3v) is 2.88. The molecule has 0 radical (unpaired) electrons. The van der Waals surface area contributed by atoms with Gasteiger partial charge in [0.05, 0.1) is 0 Å². The lowest BCUT2D eigenvalue weighted by Crippen LogP contribution is -1.70. The van der Waals surface area contributed by atoms with Gasteiger partial charge in [-0.1, -0.05) is 83.9 Å². The van der Waals surface area contributed by atoms with Gasteiger partial charge in [-0.2, -0.15) is 0 Å². The van der Waals surface area contributed by atoms with Crippen LogP contribution in [0.5, 0.6) is 0 Å². The van der Waals surface area contributed by atoms with Gasteiger partial charge in [-0.05, 0) is 24.6 Å². The second-order valence-corrected chi connectivity index (χ2v) is 4.50. The zero-order valence-corrected chi connectivity index (χ0v) is 10.9. The molecule has 0 heteroatoms. The summed E-state index contributed by atoms with van der Waals surface area (Å²) in [6, 6.07) is 25.2. The number of aryl methyl sites for hydroxylation is 2. The highest BCUT2D eigenvalue weighted by molar-refractivity contribution is 5.81. The van der Waals surface area contributed by atoms with E-state index in [0.717, 1.165) is 0 Å². The largest absolute Gasteiger partial charge is 0.0616 e. The number of hydrogen-bond acceptors (Lipinski definition) is 0. The van der Waals surface area contributed by atoms with Crippen LogP contribution in [0.2, 0.25) is 0 Å². The molecule has 0 aliphatic rings. The number of benzene rings is 3. The lowest BCUT2D eigenvalue weighted by atomic mass is 10.1. The highest BCUT2D eigenvalue weighted by Crippen LogP contribution is 2.11. The Morgan fingerprint density at radius 3 is 1.00 bits per heavy atom. The Morgan fingerprint density at radius 1 is 0.444 bits per heavy atom. The Balaban J connectivity index is 0.000000138. The van der Waals surface area contributed by atoms with E-state index in [0.29, 0.717) is 0 Å². The first-order valence-electron chi connectivity index (χ1n) is 6.23. The molecule has 0 nitrogen and oxygen atoms in total. The average Bonchev–Trinajstić information content (AvgIpc) is 2.43. The topological polar surface area (TPSA) is 0 Å². The summed E-state index contributed by atoms with van der Waals surface area (Å²) in [6.07, 6.45) is 0.